The van der Waals surface area contributed by atoms with Gasteiger partial charge in [0.25, 0.3) is 0 Å². The predicted octanol–water partition coefficient (Wildman–Crippen LogP) is 2.90. The van der Waals surface area contributed by atoms with Gasteiger partial charge in [-0.3, -0.25) is 0 Å². The van der Waals surface area contributed by atoms with Gasteiger partial charge in [-0.25, -0.2) is 0 Å². The van der Waals surface area contributed by atoms with E-state index in [4.69, 9.17) is 15.2 Å². The molecule has 0 spiro atoms. The number of para-hydroxylation sites is 1. The van der Waals surface area contributed by atoms with Crippen molar-refractivity contribution < 1.29 is 9.47 Å². The van der Waals surface area contributed by atoms with E-state index < -0.39 is 0 Å². The summed E-state index contributed by atoms with van der Waals surface area (Å²) in [5, 5.41) is 0. The molecule has 1 aromatic carbocycles. The van der Waals surface area contributed by atoms with Crippen molar-refractivity contribution in [3.63, 3.8) is 0 Å². The third-order valence-electron chi connectivity index (χ3n) is 3.46. The van der Waals surface area contributed by atoms with Crippen LogP contribution in [0.1, 0.15) is 38.3 Å². The quantitative estimate of drug-likeness (QED) is 0.872. The maximum atomic E-state index is 6.25. The van der Waals surface area contributed by atoms with E-state index in [1.165, 1.54) is 12.8 Å². The summed E-state index contributed by atoms with van der Waals surface area (Å²) < 4.78 is 11.6. The molecule has 0 aromatic heterocycles. The predicted molar refractivity (Wildman–Crippen MR) is 72.7 cm³/mol. The van der Waals surface area contributed by atoms with E-state index in [0.29, 0.717) is 12.5 Å². The molecular weight excluding hydrogens is 226 g/mol. The summed E-state index contributed by atoms with van der Waals surface area (Å²) >= 11 is 0. The number of ether oxygens (including phenoxy) is 2. The van der Waals surface area contributed by atoms with E-state index in [1.807, 2.05) is 24.3 Å². The summed E-state index contributed by atoms with van der Waals surface area (Å²) in [5.74, 6) is 1.48. The molecule has 0 radical (unpaired) electrons. The fourth-order valence-electron chi connectivity index (χ4n) is 2.38. The molecule has 3 atom stereocenters. The normalized spacial score (nSPS) is 24.2. The van der Waals surface area contributed by atoms with E-state index in [2.05, 4.69) is 13.8 Å². The molecule has 3 unspecified atom stereocenters. The third kappa shape index (κ3) is 3.03. The topological polar surface area (TPSA) is 44.5 Å². The standard InChI is InChI=1S/C15H23NO2/c1-3-6-11(2)9-17-14-10-18-13-8-5-4-7-12(13)15(14)16/h4-5,7-8,11,14-15H,3,6,9-10,16H2,1-2H3. The largest absolute Gasteiger partial charge is 0.490 e. The summed E-state index contributed by atoms with van der Waals surface area (Å²) in [4.78, 5) is 0. The number of benzene rings is 1. The first-order chi connectivity index (χ1) is 8.72. The van der Waals surface area contributed by atoms with Crippen LogP contribution < -0.4 is 10.5 Å². The minimum absolute atomic E-state index is 0.0285. The van der Waals surface area contributed by atoms with E-state index in [1.54, 1.807) is 0 Å². The van der Waals surface area contributed by atoms with E-state index in [9.17, 15) is 0 Å². The molecule has 2 rings (SSSR count). The van der Waals surface area contributed by atoms with Gasteiger partial charge >= 0.3 is 0 Å². The summed E-state index contributed by atoms with van der Waals surface area (Å²) in [6.07, 6.45) is 2.36. The third-order valence-corrected chi connectivity index (χ3v) is 3.46. The van der Waals surface area contributed by atoms with Crippen molar-refractivity contribution in [3.8, 4) is 5.75 Å². The number of hydrogen-bond donors (Lipinski definition) is 1. The van der Waals surface area contributed by atoms with Crippen molar-refractivity contribution in [1.82, 2.24) is 0 Å². The Balaban J connectivity index is 1.93. The van der Waals surface area contributed by atoms with Gasteiger partial charge in [0.1, 0.15) is 18.5 Å². The van der Waals surface area contributed by atoms with Crippen LogP contribution >= 0.6 is 0 Å². The minimum atomic E-state index is -0.0798. The van der Waals surface area contributed by atoms with E-state index in [-0.39, 0.29) is 12.1 Å². The van der Waals surface area contributed by atoms with Crippen LogP contribution in [0.3, 0.4) is 0 Å². The molecule has 3 heteroatoms. The molecule has 0 saturated carbocycles. The second-order valence-corrected chi connectivity index (χ2v) is 5.14. The Morgan fingerprint density at radius 3 is 3.00 bits per heavy atom. The summed E-state index contributed by atoms with van der Waals surface area (Å²) in [7, 11) is 0. The molecule has 0 fully saturated rings. The molecule has 1 aliphatic heterocycles. The fourth-order valence-corrected chi connectivity index (χ4v) is 2.38. The molecule has 100 valence electrons. The molecular formula is C15H23NO2. The van der Waals surface area contributed by atoms with Crippen LogP contribution in [0.25, 0.3) is 0 Å². The Kier molecular flexibility index (Phi) is 4.61. The number of nitrogens with two attached hydrogens (primary N) is 1. The number of fused-ring (bicyclic) bond motifs is 1. The van der Waals surface area contributed by atoms with Gasteiger partial charge in [0.05, 0.1) is 6.04 Å². The van der Waals surface area contributed by atoms with Crippen molar-refractivity contribution in [2.75, 3.05) is 13.2 Å². The van der Waals surface area contributed by atoms with E-state index >= 15 is 0 Å². The van der Waals surface area contributed by atoms with Crippen LogP contribution in [-0.2, 0) is 4.74 Å². The fraction of sp³-hybridized carbons (Fsp3) is 0.600. The first-order valence-corrected chi connectivity index (χ1v) is 6.81. The molecule has 2 N–H and O–H groups in total. The molecule has 0 aliphatic carbocycles. The van der Waals surface area contributed by atoms with Gasteiger partial charge in [-0.05, 0) is 18.4 Å². The smallest absolute Gasteiger partial charge is 0.124 e. The molecule has 18 heavy (non-hydrogen) atoms. The van der Waals surface area contributed by atoms with Crippen LogP contribution in [0.4, 0.5) is 0 Å². The van der Waals surface area contributed by atoms with Crippen molar-refractivity contribution in [1.29, 1.82) is 0 Å². The Bertz CT molecular complexity index is 381. The summed E-state index contributed by atoms with van der Waals surface area (Å²) in [6, 6.07) is 7.86. The second kappa shape index (κ2) is 6.21. The lowest BCUT2D eigenvalue weighted by Gasteiger charge is -2.31. The SMILES string of the molecule is CCCC(C)COC1COc2ccccc2C1N. The van der Waals surface area contributed by atoms with Gasteiger partial charge in [-0.1, -0.05) is 38.5 Å². The summed E-state index contributed by atoms with van der Waals surface area (Å²) in [6.45, 7) is 5.73. The maximum Gasteiger partial charge on any atom is 0.124 e. The highest BCUT2D eigenvalue weighted by Crippen LogP contribution is 2.31. The Morgan fingerprint density at radius 1 is 1.44 bits per heavy atom. The van der Waals surface area contributed by atoms with Gasteiger partial charge in [0.15, 0.2) is 0 Å². The van der Waals surface area contributed by atoms with Gasteiger partial charge in [0, 0.05) is 12.2 Å². The average molecular weight is 249 g/mol. The number of hydrogen-bond acceptors (Lipinski definition) is 3. The molecule has 1 aromatic rings. The van der Waals surface area contributed by atoms with Crippen LogP contribution in [0, 0.1) is 5.92 Å². The maximum absolute atomic E-state index is 6.25. The van der Waals surface area contributed by atoms with Crippen molar-refractivity contribution in [3.05, 3.63) is 29.8 Å². The first-order valence-electron chi connectivity index (χ1n) is 6.81. The monoisotopic (exact) mass is 249 g/mol. The highest BCUT2D eigenvalue weighted by molar-refractivity contribution is 5.38. The molecule has 0 amide bonds. The second-order valence-electron chi connectivity index (χ2n) is 5.14. The Morgan fingerprint density at radius 2 is 2.22 bits per heavy atom. The van der Waals surface area contributed by atoms with Crippen molar-refractivity contribution in [2.45, 2.75) is 38.8 Å². The zero-order valence-corrected chi connectivity index (χ0v) is 11.3. The van der Waals surface area contributed by atoms with Crippen LogP contribution in [0.5, 0.6) is 5.75 Å². The number of rotatable bonds is 5. The molecule has 0 saturated heterocycles. The Hall–Kier alpha value is -1.06. The lowest BCUT2D eigenvalue weighted by atomic mass is 9.99. The highest BCUT2D eigenvalue weighted by Gasteiger charge is 2.28. The van der Waals surface area contributed by atoms with Crippen molar-refractivity contribution in [2.24, 2.45) is 11.7 Å². The highest BCUT2D eigenvalue weighted by atomic mass is 16.5. The van der Waals surface area contributed by atoms with Gasteiger partial charge in [0.2, 0.25) is 0 Å². The first kappa shape index (κ1) is 13.4. The zero-order valence-electron chi connectivity index (χ0n) is 11.3. The van der Waals surface area contributed by atoms with Crippen LogP contribution in [0.2, 0.25) is 0 Å². The van der Waals surface area contributed by atoms with Gasteiger partial charge in [-0.15, -0.1) is 0 Å². The molecule has 1 heterocycles. The van der Waals surface area contributed by atoms with Gasteiger partial charge in [-0.2, -0.15) is 0 Å². The van der Waals surface area contributed by atoms with Gasteiger partial charge < -0.3 is 15.2 Å². The molecule has 1 aliphatic rings. The average Bonchev–Trinajstić information content (AvgIpc) is 2.39. The lowest BCUT2D eigenvalue weighted by Crippen LogP contribution is -2.38. The zero-order chi connectivity index (χ0) is 13.0. The van der Waals surface area contributed by atoms with E-state index in [0.717, 1.165) is 17.9 Å². The minimum Gasteiger partial charge on any atom is -0.490 e. The molecule has 3 nitrogen and oxygen atoms in total. The molecule has 0 bridgehead atoms. The van der Waals surface area contributed by atoms with Crippen LogP contribution in [-0.4, -0.2) is 19.3 Å². The van der Waals surface area contributed by atoms with Crippen LogP contribution in [0.15, 0.2) is 24.3 Å². The van der Waals surface area contributed by atoms with Crippen molar-refractivity contribution >= 4 is 0 Å². The lowest BCUT2D eigenvalue weighted by molar-refractivity contribution is -0.0212. The summed E-state index contributed by atoms with van der Waals surface area (Å²) in [5.41, 5.74) is 7.30. The Labute approximate surface area is 109 Å².